The third kappa shape index (κ3) is 3.86. The van der Waals surface area contributed by atoms with Gasteiger partial charge in [-0.3, -0.25) is 4.99 Å². The molecule has 28 heavy (non-hydrogen) atoms. The van der Waals surface area contributed by atoms with Gasteiger partial charge in [-0.25, -0.2) is 4.68 Å². The fraction of sp³-hybridized carbons (Fsp3) is 0.200. The lowest BCUT2D eigenvalue weighted by Gasteiger charge is -2.11. The van der Waals surface area contributed by atoms with E-state index < -0.39 is 0 Å². The summed E-state index contributed by atoms with van der Waals surface area (Å²) >= 11 is 1.47. The molecule has 0 atom stereocenters. The molecule has 0 aliphatic heterocycles. The molecule has 0 aliphatic carbocycles. The number of aromatic hydroxyl groups is 1. The summed E-state index contributed by atoms with van der Waals surface area (Å²) in [4.78, 5) is 5.02. The number of phenolic OH excluding ortho intramolecular Hbond substituents is 1. The molecule has 0 spiro atoms. The monoisotopic (exact) mass is 399 g/mol. The van der Waals surface area contributed by atoms with Crippen molar-refractivity contribution in [1.82, 2.24) is 4.68 Å². The minimum atomic E-state index is 0.0548. The number of benzene rings is 2. The molecule has 0 unspecified atom stereocenters. The topological polar surface area (TPSA) is 77.6 Å². The van der Waals surface area contributed by atoms with Gasteiger partial charge in [0.2, 0.25) is 4.80 Å². The molecule has 0 amide bonds. The maximum Gasteiger partial charge on any atom is 0.205 e. The Morgan fingerprint density at radius 3 is 2.43 bits per heavy atom. The van der Waals surface area contributed by atoms with Crippen molar-refractivity contribution in [3.05, 3.63) is 52.1 Å². The second-order valence-corrected chi connectivity index (χ2v) is 6.52. The third-order valence-corrected chi connectivity index (χ3v) is 4.99. The highest BCUT2D eigenvalue weighted by molar-refractivity contribution is 7.07. The Labute approximate surface area is 166 Å². The smallest absolute Gasteiger partial charge is 0.205 e. The average molecular weight is 399 g/mol. The first-order chi connectivity index (χ1) is 13.6. The molecule has 0 bridgehead atoms. The van der Waals surface area contributed by atoms with E-state index in [-0.39, 0.29) is 5.75 Å². The summed E-state index contributed by atoms with van der Waals surface area (Å²) in [6.07, 6.45) is 1.65. The molecule has 146 valence electrons. The molecule has 3 aromatic rings. The van der Waals surface area contributed by atoms with Crippen LogP contribution in [0.1, 0.15) is 5.56 Å². The fourth-order valence-corrected chi connectivity index (χ4v) is 3.46. The van der Waals surface area contributed by atoms with Gasteiger partial charge in [0.15, 0.2) is 11.5 Å². The largest absolute Gasteiger partial charge is 0.504 e. The van der Waals surface area contributed by atoms with Gasteiger partial charge in [0.25, 0.3) is 0 Å². The highest BCUT2D eigenvalue weighted by Gasteiger charge is 2.13. The maximum atomic E-state index is 9.96. The Morgan fingerprint density at radius 2 is 1.79 bits per heavy atom. The van der Waals surface area contributed by atoms with Crippen molar-refractivity contribution in [2.45, 2.75) is 0 Å². The molecule has 8 heteroatoms. The van der Waals surface area contributed by atoms with Crippen molar-refractivity contribution in [2.75, 3.05) is 28.4 Å². The van der Waals surface area contributed by atoms with Crippen LogP contribution in [0.4, 0.5) is 0 Å². The predicted octanol–water partition coefficient (Wildman–Crippen LogP) is 3.36. The number of ether oxygens (including phenoxy) is 3. The third-order valence-electron chi connectivity index (χ3n) is 4.09. The number of aromatic nitrogens is 1. The van der Waals surface area contributed by atoms with Crippen molar-refractivity contribution in [3.63, 3.8) is 0 Å². The van der Waals surface area contributed by atoms with E-state index in [0.29, 0.717) is 17.2 Å². The van der Waals surface area contributed by atoms with E-state index in [2.05, 4.69) is 10.1 Å². The minimum Gasteiger partial charge on any atom is -0.504 e. The van der Waals surface area contributed by atoms with E-state index >= 15 is 0 Å². The maximum absolute atomic E-state index is 9.96. The summed E-state index contributed by atoms with van der Waals surface area (Å²) in [7, 11) is 6.45. The Bertz CT molecular complexity index is 1070. The van der Waals surface area contributed by atoms with Gasteiger partial charge in [0.1, 0.15) is 11.5 Å². The minimum absolute atomic E-state index is 0.0548. The predicted molar refractivity (Wildman–Crippen MR) is 110 cm³/mol. The summed E-state index contributed by atoms with van der Waals surface area (Å²) in [6.45, 7) is 0. The van der Waals surface area contributed by atoms with Crippen LogP contribution >= 0.6 is 11.3 Å². The molecule has 2 aromatic carbocycles. The average Bonchev–Trinajstić information content (AvgIpc) is 3.14. The number of nitrogens with zero attached hydrogens (tertiary/aromatic N) is 3. The molecule has 0 aliphatic rings. The highest BCUT2D eigenvalue weighted by Crippen LogP contribution is 2.33. The molecule has 0 fully saturated rings. The molecular weight excluding hydrogens is 378 g/mol. The molecule has 0 radical (unpaired) electrons. The number of thiazole rings is 1. The first kappa shape index (κ1) is 19.5. The van der Waals surface area contributed by atoms with Gasteiger partial charge in [-0.2, -0.15) is 5.10 Å². The van der Waals surface area contributed by atoms with Crippen LogP contribution in [0.3, 0.4) is 0 Å². The van der Waals surface area contributed by atoms with E-state index in [0.717, 1.165) is 21.6 Å². The summed E-state index contributed by atoms with van der Waals surface area (Å²) in [5.74, 6) is 1.85. The zero-order chi connectivity index (χ0) is 20.1. The Kier molecular flexibility index (Phi) is 6.00. The van der Waals surface area contributed by atoms with Gasteiger partial charge in [0.05, 0.1) is 33.2 Å². The summed E-state index contributed by atoms with van der Waals surface area (Å²) in [5.41, 5.74) is 2.43. The van der Waals surface area contributed by atoms with Crippen molar-refractivity contribution >= 4 is 17.6 Å². The van der Waals surface area contributed by atoms with Crippen molar-refractivity contribution in [1.29, 1.82) is 0 Å². The van der Waals surface area contributed by atoms with Gasteiger partial charge in [-0.1, -0.05) is 0 Å². The number of hydrogen-bond acceptors (Lipinski definition) is 7. The SMILES string of the molecule is CN=c1scc(-c2ccc(OC)cc2OC)n1N=Cc1ccc(OC)c(O)c1. The molecule has 1 N–H and O–H groups in total. The highest BCUT2D eigenvalue weighted by atomic mass is 32.1. The zero-order valence-corrected chi connectivity index (χ0v) is 16.9. The lowest BCUT2D eigenvalue weighted by atomic mass is 10.1. The van der Waals surface area contributed by atoms with Crippen molar-refractivity contribution in [3.8, 4) is 34.3 Å². The van der Waals surface area contributed by atoms with Crippen LogP contribution in [-0.4, -0.2) is 44.4 Å². The zero-order valence-electron chi connectivity index (χ0n) is 16.0. The molecule has 0 saturated heterocycles. The van der Waals surface area contributed by atoms with E-state index in [4.69, 9.17) is 14.2 Å². The van der Waals surface area contributed by atoms with Gasteiger partial charge < -0.3 is 19.3 Å². The molecule has 0 saturated carbocycles. The molecule has 1 heterocycles. The van der Waals surface area contributed by atoms with E-state index in [1.165, 1.54) is 18.4 Å². The summed E-state index contributed by atoms with van der Waals surface area (Å²) in [5, 5.41) is 16.5. The van der Waals surface area contributed by atoms with Crippen LogP contribution in [0, 0.1) is 0 Å². The van der Waals surface area contributed by atoms with Crippen molar-refractivity contribution in [2.24, 2.45) is 10.1 Å². The number of methoxy groups -OCH3 is 3. The normalized spacial score (nSPS) is 11.8. The quantitative estimate of drug-likeness (QED) is 0.645. The molecule has 7 nitrogen and oxygen atoms in total. The van der Waals surface area contributed by atoms with Crippen LogP contribution in [0.15, 0.2) is 51.9 Å². The first-order valence-corrected chi connectivity index (χ1v) is 9.26. The Morgan fingerprint density at radius 1 is 1.00 bits per heavy atom. The van der Waals surface area contributed by atoms with Crippen molar-refractivity contribution < 1.29 is 19.3 Å². The van der Waals surface area contributed by atoms with E-state index in [1.807, 2.05) is 29.6 Å². The van der Waals surface area contributed by atoms with Gasteiger partial charge in [0, 0.05) is 24.1 Å². The van der Waals surface area contributed by atoms with Crippen LogP contribution in [0.25, 0.3) is 11.3 Å². The van der Waals surface area contributed by atoms with Gasteiger partial charge in [-0.05, 0) is 35.9 Å². The number of hydrogen-bond donors (Lipinski definition) is 1. The fourth-order valence-electron chi connectivity index (χ4n) is 2.67. The lowest BCUT2D eigenvalue weighted by Crippen LogP contribution is -2.11. The first-order valence-electron chi connectivity index (χ1n) is 8.38. The van der Waals surface area contributed by atoms with Crippen LogP contribution in [-0.2, 0) is 0 Å². The summed E-state index contributed by atoms with van der Waals surface area (Å²) in [6, 6.07) is 10.7. The van der Waals surface area contributed by atoms with Crippen LogP contribution in [0.2, 0.25) is 0 Å². The Hall–Kier alpha value is -3.26. The van der Waals surface area contributed by atoms with Gasteiger partial charge >= 0.3 is 0 Å². The van der Waals surface area contributed by atoms with Crippen LogP contribution in [0.5, 0.6) is 23.0 Å². The van der Waals surface area contributed by atoms with Gasteiger partial charge in [-0.15, -0.1) is 11.3 Å². The molecule has 1 aromatic heterocycles. The molecule has 3 rings (SSSR count). The standard InChI is InChI=1S/C20H21N3O4S/c1-21-20-23(22-11-13-5-8-18(26-3)17(24)9-13)16(12-28-20)15-7-6-14(25-2)10-19(15)27-4/h5-12,24H,1-4H3. The second-order valence-electron chi connectivity index (χ2n) is 5.68. The molecular formula is C20H21N3O4S. The van der Waals surface area contributed by atoms with E-state index in [9.17, 15) is 5.11 Å². The summed E-state index contributed by atoms with van der Waals surface area (Å²) < 4.78 is 17.6. The van der Waals surface area contributed by atoms with Crippen LogP contribution < -0.4 is 19.0 Å². The lowest BCUT2D eigenvalue weighted by molar-refractivity contribution is 0.373. The van der Waals surface area contributed by atoms with E-state index in [1.54, 1.807) is 44.3 Å². The number of rotatable bonds is 6. The second kappa shape index (κ2) is 8.62. The Balaban J connectivity index is 2.06. The number of phenols is 1.